The van der Waals surface area contributed by atoms with Gasteiger partial charge in [0.2, 0.25) is 0 Å². The quantitative estimate of drug-likeness (QED) is 0.527. The number of carboxylic acids is 1. The van der Waals surface area contributed by atoms with Crippen molar-refractivity contribution in [3.05, 3.63) is 34.4 Å². The van der Waals surface area contributed by atoms with Crippen molar-refractivity contribution >= 4 is 44.6 Å². The molecule has 0 spiro atoms. The number of thioether (sulfide) groups is 1. The van der Waals surface area contributed by atoms with Crippen molar-refractivity contribution in [1.29, 1.82) is 0 Å². The third-order valence-corrected chi connectivity index (χ3v) is 4.25. The number of pyridine rings is 1. The number of aryl methyl sites for hydroxylation is 1. The fourth-order valence-electron chi connectivity index (χ4n) is 1.66. The summed E-state index contributed by atoms with van der Waals surface area (Å²) in [5, 5.41) is 11.6. The molecule has 100 valence electrons. The molecule has 1 atom stereocenters. The zero-order valence-electron chi connectivity index (χ0n) is 11.2. The average molecular weight is 363 g/mol. The Morgan fingerprint density at radius 2 is 2.20 bits per heavy atom. The van der Waals surface area contributed by atoms with Crippen molar-refractivity contribution in [3.63, 3.8) is 0 Å². The Kier molecular flexibility index (Phi) is 6.97. The van der Waals surface area contributed by atoms with Gasteiger partial charge in [-0.15, -0.1) is 11.8 Å². The monoisotopic (exact) mass is 362 g/mol. The van der Waals surface area contributed by atoms with Crippen molar-refractivity contribution in [2.24, 2.45) is 5.73 Å². The number of hydrogen-bond acceptors (Lipinski definition) is 5. The van der Waals surface area contributed by atoms with E-state index in [-0.39, 0.29) is 35.3 Å². The van der Waals surface area contributed by atoms with Gasteiger partial charge in [0.1, 0.15) is 0 Å². The summed E-state index contributed by atoms with van der Waals surface area (Å²) in [5.74, 6) is -0.961. The minimum atomic E-state index is -1.23. The standard InChI is InChI=1S/C13H13BrN2O2S.Na/c1-7-4-12(19-6-10(15)13(17)18)9-5-8(14)2-3-11(9)16-7;/h2-5,10H,6,15H2,1H3,(H,17,18);/q;+1/p-1. The van der Waals surface area contributed by atoms with Crippen LogP contribution in [-0.4, -0.2) is 22.7 Å². The molecule has 0 fully saturated rings. The number of benzene rings is 1. The molecular weight excluding hydrogens is 351 g/mol. The minimum Gasteiger partial charge on any atom is -0.548 e. The predicted molar refractivity (Wildman–Crippen MR) is 77.9 cm³/mol. The van der Waals surface area contributed by atoms with Crippen molar-refractivity contribution in [3.8, 4) is 0 Å². The van der Waals surface area contributed by atoms with Gasteiger partial charge in [0.15, 0.2) is 0 Å². The van der Waals surface area contributed by atoms with Gasteiger partial charge in [-0.25, -0.2) is 0 Å². The molecule has 7 heteroatoms. The molecule has 0 saturated carbocycles. The summed E-state index contributed by atoms with van der Waals surface area (Å²) >= 11 is 4.83. The molecule has 4 nitrogen and oxygen atoms in total. The third kappa shape index (κ3) is 4.44. The second-order valence-electron chi connectivity index (χ2n) is 4.16. The van der Waals surface area contributed by atoms with E-state index in [4.69, 9.17) is 5.73 Å². The van der Waals surface area contributed by atoms with E-state index in [1.54, 1.807) is 0 Å². The van der Waals surface area contributed by atoms with Gasteiger partial charge in [0.25, 0.3) is 0 Å². The van der Waals surface area contributed by atoms with E-state index in [0.717, 1.165) is 26.0 Å². The smallest absolute Gasteiger partial charge is 0.548 e. The van der Waals surface area contributed by atoms with Gasteiger partial charge in [-0.3, -0.25) is 4.98 Å². The molecule has 2 aromatic rings. The molecule has 1 unspecified atom stereocenters. The molecular formula is C13H12BrN2NaO2S. The van der Waals surface area contributed by atoms with Crippen LogP contribution in [0.3, 0.4) is 0 Å². The first kappa shape index (κ1) is 17.9. The SMILES string of the molecule is Cc1cc(SCC(N)C(=O)[O-])c2cc(Br)ccc2n1.[Na+]. The number of fused-ring (bicyclic) bond motifs is 1. The number of carbonyl (C=O) groups excluding carboxylic acids is 1. The van der Waals surface area contributed by atoms with Gasteiger partial charge < -0.3 is 15.6 Å². The molecule has 20 heavy (non-hydrogen) atoms. The number of aliphatic carboxylic acids is 1. The van der Waals surface area contributed by atoms with Crippen molar-refractivity contribution in [1.82, 2.24) is 4.98 Å². The number of rotatable bonds is 4. The second kappa shape index (κ2) is 7.77. The Morgan fingerprint density at radius 1 is 1.50 bits per heavy atom. The van der Waals surface area contributed by atoms with Crippen LogP contribution in [-0.2, 0) is 4.79 Å². The Morgan fingerprint density at radius 3 is 2.85 bits per heavy atom. The summed E-state index contributed by atoms with van der Waals surface area (Å²) in [6.07, 6.45) is 0. The van der Waals surface area contributed by atoms with E-state index in [1.165, 1.54) is 11.8 Å². The zero-order chi connectivity index (χ0) is 14.0. The summed E-state index contributed by atoms with van der Waals surface area (Å²) in [5.41, 5.74) is 7.24. The van der Waals surface area contributed by atoms with E-state index < -0.39 is 12.0 Å². The maximum absolute atomic E-state index is 10.6. The maximum atomic E-state index is 10.6. The Bertz CT molecular complexity index is 639. The van der Waals surface area contributed by atoms with E-state index in [2.05, 4.69) is 20.9 Å². The van der Waals surface area contributed by atoms with Crippen LogP contribution in [0.4, 0.5) is 0 Å². The van der Waals surface area contributed by atoms with Gasteiger partial charge in [-0.05, 0) is 31.2 Å². The van der Waals surface area contributed by atoms with Crippen molar-refractivity contribution in [2.45, 2.75) is 17.9 Å². The molecule has 2 N–H and O–H groups in total. The first-order valence-corrected chi connectivity index (χ1v) is 7.41. The van der Waals surface area contributed by atoms with Gasteiger partial charge in [0.05, 0.1) is 17.5 Å². The second-order valence-corrected chi connectivity index (χ2v) is 6.14. The Balaban J connectivity index is 0.00000200. The average Bonchev–Trinajstić information content (AvgIpc) is 2.36. The Labute approximate surface area is 151 Å². The van der Waals surface area contributed by atoms with Crippen LogP contribution in [0.5, 0.6) is 0 Å². The fourth-order valence-corrected chi connectivity index (χ4v) is 3.09. The molecule has 1 heterocycles. The van der Waals surface area contributed by atoms with Crippen LogP contribution in [0.25, 0.3) is 10.9 Å². The first-order chi connectivity index (χ1) is 8.97. The zero-order valence-corrected chi connectivity index (χ0v) is 15.6. The number of nitrogens with zero attached hydrogens (tertiary/aromatic N) is 1. The largest absolute Gasteiger partial charge is 1.00 e. The van der Waals surface area contributed by atoms with Crippen LogP contribution in [0, 0.1) is 6.92 Å². The molecule has 0 aliphatic rings. The van der Waals surface area contributed by atoms with Crippen LogP contribution in [0.2, 0.25) is 0 Å². The summed E-state index contributed by atoms with van der Waals surface area (Å²) in [4.78, 5) is 16.1. The van der Waals surface area contributed by atoms with Gasteiger partial charge >= 0.3 is 29.6 Å². The van der Waals surface area contributed by atoms with Crippen molar-refractivity contribution < 1.29 is 39.5 Å². The number of nitrogens with two attached hydrogens (primary N) is 1. The van der Waals surface area contributed by atoms with Gasteiger partial charge in [-0.1, -0.05) is 15.9 Å². The number of halogens is 1. The molecule has 2 rings (SSSR count). The summed E-state index contributed by atoms with van der Waals surface area (Å²) < 4.78 is 0.955. The number of carbonyl (C=O) groups is 1. The molecule has 0 aliphatic carbocycles. The predicted octanol–water partition coefficient (Wildman–Crippen LogP) is -1.52. The van der Waals surface area contributed by atoms with Crippen molar-refractivity contribution in [2.75, 3.05) is 5.75 Å². The van der Waals surface area contributed by atoms with Gasteiger partial charge in [0, 0.05) is 26.2 Å². The molecule has 0 radical (unpaired) electrons. The molecule has 0 saturated heterocycles. The topological polar surface area (TPSA) is 79.0 Å². The van der Waals surface area contributed by atoms with Gasteiger partial charge in [-0.2, -0.15) is 0 Å². The molecule has 0 aliphatic heterocycles. The first-order valence-electron chi connectivity index (χ1n) is 5.63. The van der Waals surface area contributed by atoms with E-state index >= 15 is 0 Å². The molecule has 1 aromatic carbocycles. The maximum Gasteiger partial charge on any atom is 1.00 e. The third-order valence-electron chi connectivity index (χ3n) is 2.58. The molecule has 0 bridgehead atoms. The van der Waals surface area contributed by atoms with Crippen LogP contribution >= 0.6 is 27.7 Å². The normalized spacial score (nSPS) is 11.9. The summed E-state index contributed by atoms with van der Waals surface area (Å²) in [6.45, 7) is 1.91. The van der Waals surface area contributed by atoms with E-state index in [0.29, 0.717) is 0 Å². The van der Waals surface area contributed by atoms with Crippen LogP contribution in [0.15, 0.2) is 33.6 Å². The van der Waals surface area contributed by atoms with Crippen LogP contribution in [0.1, 0.15) is 5.69 Å². The number of carboxylic acid groups (broad SMARTS) is 1. The Hall–Kier alpha value is -0.110. The van der Waals surface area contributed by atoms with E-state index in [9.17, 15) is 9.90 Å². The van der Waals surface area contributed by atoms with Crippen LogP contribution < -0.4 is 40.4 Å². The number of aromatic nitrogens is 1. The summed E-state index contributed by atoms with van der Waals surface area (Å²) in [7, 11) is 0. The summed E-state index contributed by atoms with van der Waals surface area (Å²) in [6, 6.07) is 6.78. The minimum absolute atomic E-state index is 0. The number of hydrogen-bond donors (Lipinski definition) is 1. The van der Waals surface area contributed by atoms with E-state index in [1.807, 2.05) is 31.2 Å². The fraction of sp³-hybridized carbons (Fsp3) is 0.231. The molecule has 1 aromatic heterocycles. The molecule has 0 amide bonds.